The van der Waals surface area contributed by atoms with E-state index in [0.29, 0.717) is 0 Å². The Kier molecular flexibility index (Phi) is 8.97. The van der Waals surface area contributed by atoms with Gasteiger partial charge in [-0.25, -0.2) is 0 Å². The summed E-state index contributed by atoms with van der Waals surface area (Å²) in [4.78, 5) is 10.5. The molecule has 0 bridgehead atoms. The van der Waals surface area contributed by atoms with Gasteiger partial charge in [0.05, 0.1) is 22.2 Å². The molecule has 0 amide bonds. The van der Waals surface area contributed by atoms with Gasteiger partial charge in [0.1, 0.15) is 18.0 Å². The van der Waals surface area contributed by atoms with Gasteiger partial charge in [0.15, 0.2) is 16.6 Å². The number of benzene rings is 1. The summed E-state index contributed by atoms with van der Waals surface area (Å²) in [5.74, 6) is 0.184. The predicted octanol–water partition coefficient (Wildman–Crippen LogP) is 6.51. The Morgan fingerprint density at radius 2 is 1.49 bits per heavy atom. The molecule has 5 atom stereocenters. The van der Waals surface area contributed by atoms with Gasteiger partial charge in [-0.15, -0.1) is 0 Å². The standard InChI is InChI=1S/C24H42ClNO7Si2/c1-15-20(32-34(8,9)23(2,3)4)21(33-35(10,11)24(5,6)7)19(27)22(30-15)31-18-13-12-16(26(28)29)14-17(18)25/h12-15,19-22,27H,1-11H3/t15-,19-,20+,21-,22+/m0/s1. The maximum atomic E-state index is 11.5. The molecule has 0 unspecified atom stereocenters. The number of hydrogen-bond donors (Lipinski definition) is 1. The monoisotopic (exact) mass is 547 g/mol. The van der Waals surface area contributed by atoms with Crippen LogP contribution in [0.5, 0.6) is 5.75 Å². The van der Waals surface area contributed by atoms with Crippen LogP contribution in [0.15, 0.2) is 18.2 Å². The SMILES string of the molecule is C[C@@H]1O[C@H](Oc2ccc([N+](=O)[O-])cc2Cl)[C@@H](O)[C@H](O[Si](C)(C)C(C)(C)C)[C@@H]1O[Si](C)(C)C(C)(C)C. The second-order valence-corrected chi connectivity index (χ2v) is 22.3. The van der Waals surface area contributed by atoms with Gasteiger partial charge in [0.25, 0.3) is 5.69 Å². The molecule has 1 aliphatic heterocycles. The van der Waals surface area contributed by atoms with E-state index >= 15 is 0 Å². The summed E-state index contributed by atoms with van der Waals surface area (Å²) >= 11 is 6.24. The topological polar surface area (TPSA) is 100 Å². The van der Waals surface area contributed by atoms with Crippen LogP contribution < -0.4 is 4.74 Å². The van der Waals surface area contributed by atoms with Crippen LogP contribution in [0.1, 0.15) is 48.5 Å². The Hall–Kier alpha value is -1.02. The van der Waals surface area contributed by atoms with Crippen LogP contribution >= 0.6 is 11.6 Å². The fourth-order valence-corrected chi connectivity index (χ4v) is 6.13. The lowest BCUT2D eigenvalue weighted by atomic mass is 10.00. The molecule has 1 heterocycles. The lowest BCUT2D eigenvalue weighted by Gasteiger charge is -2.51. The second-order valence-electron chi connectivity index (χ2n) is 12.4. The number of rotatable bonds is 7. The minimum Gasteiger partial charge on any atom is -0.460 e. The van der Waals surface area contributed by atoms with Crippen molar-refractivity contribution < 1.29 is 28.4 Å². The van der Waals surface area contributed by atoms with Crippen molar-refractivity contribution in [2.24, 2.45) is 0 Å². The zero-order valence-electron chi connectivity index (χ0n) is 22.8. The van der Waals surface area contributed by atoms with Gasteiger partial charge < -0.3 is 23.4 Å². The first-order valence-corrected chi connectivity index (χ1v) is 18.2. The van der Waals surface area contributed by atoms with Gasteiger partial charge >= 0.3 is 0 Å². The first kappa shape index (κ1) is 30.2. The number of nitro benzene ring substituents is 1. The molecule has 1 aromatic carbocycles. The molecule has 200 valence electrons. The molecule has 0 aromatic heterocycles. The van der Waals surface area contributed by atoms with Crippen LogP contribution in [0.3, 0.4) is 0 Å². The van der Waals surface area contributed by atoms with Crippen molar-refractivity contribution >= 4 is 33.9 Å². The highest BCUT2D eigenvalue weighted by Crippen LogP contribution is 2.43. The van der Waals surface area contributed by atoms with Crippen molar-refractivity contribution in [3.8, 4) is 5.75 Å². The molecule has 2 rings (SSSR count). The first-order valence-electron chi connectivity index (χ1n) is 12.0. The summed E-state index contributed by atoms with van der Waals surface area (Å²) in [5.41, 5.74) is -0.150. The Bertz CT molecular complexity index is 914. The number of aliphatic hydroxyl groups excluding tert-OH is 1. The van der Waals surface area contributed by atoms with E-state index in [9.17, 15) is 15.2 Å². The van der Waals surface area contributed by atoms with E-state index in [-0.39, 0.29) is 26.5 Å². The molecule has 0 spiro atoms. The summed E-state index contributed by atoms with van der Waals surface area (Å²) in [6, 6.07) is 3.92. The van der Waals surface area contributed by atoms with Crippen molar-refractivity contribution in [3.63, 3.8) is 0 Å². The smallest absolute Gasteiger partial charge is 0.271 e. The van der Waals surface area contributed by atoms with Crippen LogP contribution in [-0.4, -0.2) is 57.4 Å². The fraction of sp³-hybridized carbons (Fsp3) is 0.750. The van der Waals surface area contributed by atoms with Crippen LogP contribution in [0, 0.1) is 10.1 Å². The normalized spacial score (nSPS) is 26.5. The molecule has 8 nitrogen and oxygen atoms in total. The summed E-state index contributed by atoms with van der Waals surface area (Å²) in [6.07, 6.45) is -3.87. The minimum absolute atomic E-state index is 0.0428. The molecule has 35 heavy (non-hydrogen) atoms. The summed E-state index contributed by atoms with van der Waals surface area (Å²) in [7, 11) is -4.55. The fourth-order valence-electron chi connectivity index (χ4n) is 3.24. The molecular weight excluding hydrogens is 506 g/mol. The molecule has 0 aliphatic carbocycles. The average Bonchev–Trinajstić information content (AvgIpc) is 2.67. The zero-order chi connectivity index (χ0) is 27.1. The molecule has 0 radical (unpaired) electrons. The predicted molar refractivity (Wildman–Crippen MR) is 143 cm³/mol. The van der Waals surface area contributed by atoms with Crippen LogP contribution in [-0.2, 0) is 13.6 Å². The zero-order valence-corrected chi connectivity index (χ0v) is 25.6. The summed E-state index contributed by atoms with van der Waals surface area (Å²) < 4.78 is 25.6. The van der Waals surface area contributed by atoms with E-state index in [1.54, 1.807) is 0 Å². The Labute approximate surface area is 216 Å². The molecule has 0 saturated carbocycles. The maximum Gasteiger partial charge on any atom is 0.271 e. The number of nitro groups is 1. The van der Waals surface area contributed by atoms with E-state index in [2.05, 4.69) is 67.7 Å². The highest BCUT2D eigenvalue weighted by Gasteiger charge is 2.53. The molecule has 1 saturated heterocycles. The van der Waals surface area contributed by atoms with E-state index in [1.807, 2.05) is 6.92 Å². The quantitative estimate of drug-likeness (QED) is 0.236. The van der Waals surface area contributed by atoms with E-state index in [1.165, 1.54) is 18.2 Å². The van der Waals surface area contributed by atoms with Crippen molar-refractivity contribution in [2.45, 2.75) is 115 Å². The van der Waals surface area contributed by atoms with Gasteiger partial charge in [-0.05, 0) is 49.3 Å². The highest BCUT2D eigenvalue weighted by molar-refractivity contribution is 6.74. The third kappa shape index (κ3) is 6.85. The van der Waals surface area contributed by atoms with Crippen molar-refractivity contribution in [1.29, 1.82) is 0 Å². The summed E-state index contributed by atoms with van der Waals surface area (Å²) in [5, 5.41) is 22.4. The largest absolute Gasteiger partial charge is 0.460 e. The van der Waals surface area contributed by atoms with Crippen LogP contribution in [0.4, 0.5) is 5.69 Å². The molecule has 1 aliphatic rings. The Balaban J connectivity index is 2.42. The van der Waals surface area contributed by atoms with E-state index in [0.717, 1.165) is 0 Å². The molecule has 11 heteroatoms. The van der Waals surface area contributed by atoms with Gasteiger partial charge in [0.2, 0.25) is 6.29 Å². The Morgan fingerprint density at radius 1 is 1.00 bits per heavy atom. The minimum atomic E-state index is -2.32. The van der Waals surface area contributed by atoms with Crippen molar-refractivity contribution in [2.75, 3.05) is 0 Å². The molecule has 1 aromatic rings. The van der Waals surface area contributed by atoms with Crippen LogP contribution in [0.2, 0.25) is 41.3 Å². The Morgan fingerprint density at radius 3 is 1.91 bits per heavy atom. The number of halogens is 1. The number of aliphatic hydroxyl groups is 1. The highest BCUT2D eigenvalue weighted by atomic mass is 35.5. The van der Waals surface area contributed by atoms with Gasteiger partial charge in [-0.1, -0.05) is 53.1 Å². The third-order valence-corrected chi connectivity index (χ3v) is 16.8. The molecule has 1 fully saturated rings. The van der Waals surface area contributed by atoms with Gasteiger partial charge in [0, 0.05) is 12.1 Å². The second kappa shape index (κ2) is 10.4. The summed E-state index contributed by atoms with van der Waals surface area (Å²) in [6.45, 7) is 23.4. The average molecular weight is 548 g/mol. The maximum absolute atomic E-state index is 11.5. The van der Waals surface area contributed by atoms with Gasteiger partial charge in [-0.3, -0.25) is 10.1 Å². The molecular formula is C24H42ClNO7Si2. The van der Waals surface area contributed by atoms with Crippen molar-refractivity contribution in [1.82, 2.24) is 0 Å². The lowest BCUT2D eigenvalue weighted by molar-refractivity contribution is -0.384. The number of nitrogens with zero attached hydrogens (tertiary/aromatic N) is 1. The van der Waals surface area contributed by atoms with Crippen molar-refractivity contribution in [3.05, 3.63) is 33.3 Å². The van der Waals surface area contributed by atoms with E-state index in [4.69, 9.17) is 29.9 Å². The number of hydrogen-bond acceptors (Lipinski definition) is 7. The first-order chi connectivity index (χ1) is 15.7. The lowest BCUT2D eigenvalue weighted by Crippen LogP contribution is -2.65. The van der Waals surface area contributed by atoms with Gasteiger partial charge in [-0.2, -0.15) is 0 Å². The van der Waals surface area contributed by atoms with Crippen LogP contribution in [0.25, 0.3) is 0 Å². The number of ether oxygens (including phenoxy) is 2. The third-order valence-electron chi connectivity index (χ3n) is 7.59. The number of non-ortho nitro benzene ring substituents is 1. The van der Waals surface area contributed by atoms with E-state index < -0.39 is 52.3 Å². The molecule has 1 N–H and O–H groups in total.